The van der Waals surface area contributed by atoms with Crippen molar-refractivity contribution in [3.05, 3.63) is 29.8 Å². The first-order valence-corrected chi connectivity index (χ1v) is 6.73. The van der Waals surface area contributed by atoms with Crippen molar-refractivity contribution in [2.75, 3.05) is 10.7 Å². The van der Waals surface area contributed by atoms with Crippen LogP contribution < -0.4 is 4.90 Å². The average Bonchev–Trinajstić information content (AvgIpc) is 2.57. The molecule has 0 bridgehead atoms. The number of aryl methyl sites for hydroxylation is 1. The van der Waals surface area contributed by atoms with Crippen molar-refractivity contribution in [3.8, 4) is 0 Å². The second kappa shape index (κ2) is 4.92. The quantitative estimate of drug-likeness (QED) is 0.772. The Balaban J connectivity index is 2.24. The Morgan fingerprint density at radius 3 is 2.53 bits per heavy atom. The first-order valence-electron chi connectivity index (χ1n) is 5.68. The Kier molecular flexibility index (Phi) is 3.52. The van der Waals surface area contributed by atoms with Gasteiger partial charge in [-0.3, -0.25) is 9.59 Å². The molecule has 1 heterocycles. The predicted octanol–water partition coefficient (Wildman–Crippen LogP) is 2.38. The normalized spacial score (nSPS) is 20.1. The zero-order valence-electron chi connectivity index (χ0n) is 9.97. The lowest BCUT2D eigenvalue weighted by molar-refractivity contribution is -0.121. The van der Waals surface area contributed by atoms with Crippen LogP contribution in [-0.4, -0.2) is 22.8 Å². The van der Waals surface area contributed by atoms with Crippen LogP contribution in [0.25, 0.3) is 0 Å². The summed E-state index contributed by atoms with van der Waals surface area (Å²) in [7, 11) is 0. The van der Waals surface area contributed by atoms with E-state index in [1.165, 1.54) is 4.90 Å². The highest BCUT2D eigenvalue weighted by Crippen LogP contribution is 2.29. The molecule has 0 N–H and O–H groups in total. The summed E-state index contributed by atoms with van der Waals surface area (Å²) in [5.74, 6) is 0.682. The largest absolute Gasteiger partial charge is 0.274 e. The van der Waals surface area contributed by atoms with E-state index in [9.17, 15) is 9.59 Å². The van der Waals surface area contributed by atoms with E-state index in [-0.39, 0.29) is 17.1 Å². The number of thioether (sulfide) groups is 1. The van der Waals surface area contributed by atoms with Gasteiger partial charge in [-0.1, -0.05) is 24.6 Å². The van der Waals surface area contributed by atoms with Crippen molar-refractivity contribution in [2.45, 2.75) is 25.5 Å². The first kappa shape index (κ1) is 12.2. The number of rotatable bonds is 3. The van der Waals surface area contributed by atoms with Gasteiger partial charge in [0.05, 0.1) is 10.9 Å². The maximum absolute atomic E-state index is 12.1. The lowest BCUT2D eigenvalue weighted by Gasteiger charge is -2.14. The number of hydrogen-bond acceptors (Lipinski definition) is 3. The molecule has 0 spiro atoms. The number of hydrogen-bond donors (Lipinski definition) is 0. The summed E-state index contributed by atoms with van der Waals surface area (Å²) in [6.45, 7) is 3.98. The fourth-order valence-corrected chi connectivity index (χ4v) is 2.81. The molecule has 1 aliphatic rings. The standard InChI is InChI=1S/C13H15NO2S/c1-3-17-11-8-12(15)14(13(11)16)10-6-4-9(2)5-7-10/h4-7,11H,3,8H2,1-2H3. The summed E-state index contributed by atoms with van der Waals surface area (Å²) in [6, 6.07) is 7.47. The lowest BCUT2D eigenvalue weighted by atomic mass is 10.2. The van der Waals surface area contributed by atoms with Gasteiger partial charge in [-0.05, 0) is 24.8 Å². The summed E-state index contributed by atoms with van der Waals surface area (Å²) in [5, 5.41) is -0.200. The number of carbonyl (C=O) groups is 2. The Morgan fingerprint density at radius 2 is 1.94 bits per heavy atom. The number of imide groups is 1. The number of benzene rings is 1. The van der Waals surface area contributed by atoms with Gasteiger partial charge in [-0.15, -0.1) is 11.8 Å². The smallest absolute Gasteiger partial charge is 0.247 e. The van der Waals surface area contributed by atoms with E-state index >= 15 is 0 Å². The highest BCUT2D eigenvalue weighted by molar-refractivity contribution is 8.00. The van der Waals surface area contributed by atoms with Crippen molar-refractivity contribution in [3.63, 3.8) is 0 Å². The van der Waals surface area contributed by atoms with Gasteiger partial charge in [0, 0.05) is 6.42 Å². The van der Waals surface area contributed by atoms with Gasteiger partial charge in [-0.25, -0.2) is 4.90 Å². The molecule has 0 saturated carbocycles. The minimum Gasteiger partial charge on any atom is -0.274 e. The van der Waals surface area contributed by atoms with Crippen molar-refractivity contribution in [1.82, 2.24) is 0 Å². The molecule has 4 heteroatoms. The monoisotopic (exact) mass is 249 g/mol. The van der Waals surface area contributed by atoms with Gasteiger partial charge in [0.2, 0.25) is 11.8 Å². The van der Waals surface area contributed by atoms with E-state index in [0.717, 1.165) is 11.3 Å². The van der Waals surface area contributed by atoms with Crippen LogP contribution in [0.5, 0.6) is 0 Å². The second-order valence-corrected chi connectivity index (χ2v) is 5.53. The fraction of sp³-hybridized carbons (Fsp3) is 0.385. The fourth-order valence-electron chi connectivity index (χ4n) is 1.90. The molecule has 2 amide bonds. The number of anilines is 1. The van der Waals surface area contributed by atoms with Gasteiger partial charge in [0.25, 0.3) is 0 Å². The third-order valence-corrected chi connectivity index (χ3v) is 3.87. The van der Waals surface area contributed by atoms with Crippen LogP contribution in [0.1, 0.15) is 18.9 Å². The van der Waals surface area contributed by atoms with Crippen LogP contribution in [-0.2, 0) is 9.59 Å². The van der Waals surface area contributed by atoms with Crippen molar-refractivity contribution in [1.29, 1.82) is 0 Å². The molecule has 1 fully saturated rings. The summed E-state index contributed by atoms with van der Waals surface area (Å²) in [4.78, 5) is 25.2. The van der Waals surface area contributed by atoms with Gasteiger partial charge in [0.1, 0.15) is 0 Å². The molecule has 1 aromatic carbocycles. The topological polar surface area (TPSA) is 37.4 Å². The van der Waals surface area contributed by atoms with E-state index in [1.54, 1.807) is 11.8 Å². The Labute approximate surface area is 105 Å². The molecule has 90 valence electrons. The number of amides is 2. The molecule has 1 atom stereocenters. The van der Waals surface area contributed by atoms with Crippen LogP contribution in [0.4, 0.5) is 5.69 Å². The third kappa shape index (κ3) is 2.36. The van der Waals surface area contributed by atoms with E-state index in [1.807, 2.05) is 38.1 Å². The van der Waals surface area contributed by atoms with Crippen LogP contribution in [0.3, 0.4) is 0 Å². The molecular weight excluding hydrogens is 234 g/mol. The summed E-state index contributed by atoms with van der Waals surface area (Å²) < 4.78 is 0. The number of carbonyl (C=O) groups excluding carboxylic acids is 2. The van der Waals surface area contributed by atoms with E-state index in [0.29, 0.717) is 12.1 Å². The second-order valence-electron chi connectivity index (χ2n) is 4.05. The van der Waals surface area contributed by atoms with Crippen molar-refractivity contribution >= 4 is 29.3 Å². The van der Waals surface area contributed by atoms with Gasteiger partial charge < -0.3 is 0 Å². The maximum atomic E-state index is 12.1. The zero-order valence-corrected chi connectivity index (χ0v) is 10.8. The molecule has 1 aliphatic heterocycles. The molecule has 2 rings (SSSR count). The van der Waals surface area contributed by atoms with Crippen LogP contribution in [0.2, 0.25) is 0 Å². The molecular formula is C13H15NO2S. The van der Waals surface area contributed by atoms with E-state index in [2.05, 4.69) is 0 Å². The highest BCUT2D eigenvalue weighted by Gasteiger charge is 2.39. The highest BCUT2D eigenvalue weighted by atomic mass is 32.2. The molecule has 0 aromatic heterocycles. The Hall–Kier alpha value is -1.29. The Morgan fingerprint density at radius 1 is 1.29 bits per heavy atom. The Bertz CT molecular complexity index is 441. The molecule has 1 aromatic rings. The first-order chi connectivity index (χ1) is 8.13. The van der Waals surface area contributed by atoms with E-state index < -0.39 is 0 Å². The minimum absolute atomic E-state index is 0.0781. The summed E-state index contributed by atoms with van der Waals surface area (Å²) in [5.41, 5.74) is 1.80. The molecule has 1 saturated heterocycles. The van der Waals surface area contributed by atoms with Crippen LogP contribution in [0.15, 0.2) is 24.3 Å². The molecule has 0 aliphatic carbocycles. The van der Waals surface area contributed by atoms with Crippen molar-refractivity contribution in [2.24, 2.45) is 0 Å². The zero-order chi connectivity index (χ0) is 12.4. The molecule has 0 radical (unpaired) electrons. The van der Waals surface area contributed by atoms with E-state index in [4.69, 9.17) is 0 Å². The third-order valence-electron chi connectivity index (χ3n) is 2.77. The SMILES string of the molecule is CCSC1CC(=O)N(c2ccc(C)cc2)C1=O. The summed E-state index contributed by atoms with van der Waals surface area (Å²) in [6.07, 6.45) is 0.325. The van der Waals surface area contributed by atoms with Gasteiger partial charge in [-0.2, -0.15) is 0 Å². The average molecular weight is 249 g/mol. The van der Waals surface area contributed by atoms with Gasteiger partial charge in [0.15, 0.2) is 0 Å². The van der Waals surface area contributed by atoms with Gasteiger partial charge >= 0.3 is 0 Å². The minimum atomic E-state index is -0.200. The lowest BCUT2D eigenvalue weighted by Crippen LogP contribution is -2.31. The van der Waals surface area contributed by atoms with Crippen molar-refractivity contribution < 1.29 is 9.59 Å². The molecule has 17 heavy (non-hydrogen) atoms. The molecule has 1 unspecified atom stereocenters. The summed E-state index contributed by atoms with van der Waals surface area (Å²) >= 11 is 1.54. The number of nitrogens with zero attached hydrogens (tertiary/aromatic N) is 1. The maximum Gasteiger partial charge on any atom is 0.247 e. The van der Waals surface area contributed by atoms with Crippen LogP contribution in [0, 0.1) is 6.92 Å². The molecule has 3 nitrogen and oxygen atoms in total. The van der Waals surface area contributed by atoms with Crippen LogP contribution >= 0.6 is 11.8 Å². The predicted molar refractivity (Wildman–Crippen MR) is 70.2 cm³/mol.